The second kappa shape index (κ2) is 5.41. The van der Waals surface area contributed by atoms with Gasteiger partial charge in [-0.15, -0.1) is 10.2 Å². The lowest BCUT2D eigenvalue weighted by atomic mass is 10.5. The van der Waals surface area contributed by atoms with Crippen molar-refractivity contribution in [2.75, 3.05) is 18.8 Å². The van der Waals surface area contributed by atoms with Gasteiger partial charge in [0.15, 0.2) is 5.16 Å². The maximum atomic E-state index is 11.4. The smallest absolute Gasteiger partial charge is 0.324 e. The van der Waals surface area contributed by atoms with Gasteiger partial charge in [0.2, 0.25) is 5.91 Å². The maximum absolute atomic E-state index is 11.4. The van der Waals surface area contributed by atoms with Crippen molar-refractivity contribution in [3.8, 4) is 0 Å². The third-order valence-electron chi connectivity index (χ3n) is 3.31. The van der Waals surface area contributed by atoms with E-state index in [1.807, 2.05) is 0 Å². The van der Waals surface area contributed by atoms with Crippen LogP contribution in [-0.2, 0) is 11.3 Å². The second-order valence-electron chi connectivity index (χ2n) is 4.76. The highest BCUT2D eigenvalue weighted by molar-refractivity contribution is 7.99. The number of thioether (sulfide) groups is 1. The van der Waals surface area contributed by atoms with Crippen molar-refractivity contribution in [3.05, 3.63) is 5.82 Å². The van der Waals surface area contributed by atoms with Gasteiger partial charge in [0, 0.05) is 18.3 Å². The van der Waals surface area contributed by atoms with Crippen molar-refractivity contribution < 1.29 is 9.59 Å². The molecule has 1 saturated heterocycles. The Kier molecular flexibility index (Phi) is 3.62. The first-order valence-electron chi connectivity index (χ1n) is 6.55. The number of hydrogen-bond donors (Lipinski definition) is 2. The standard InChI is InChI=1S/C11H16N6O2S/c12-5-8-14-15-11(17(8)7-1-2-7)20-4-3-16-9(18)6-13-10(16)19/h7H,1-6,12H2,(H,13,19). The van der Waals surface area contributed by atoms with Crippen molar-refractivity contribution in [1.29, 1.82) is 0 Å². The van der Waals surface area contributed by atoms with Crippen molar-refractivity contribution in [2.45, 2.75) is 30.6 Å². The average Bonchev–Trinajstić information content (AvgIpc) is 3.13. The average molecular weight is 296 g/mol. The Balaban J connectivity index is 1.60. The van der Waals surface area contributed by atoms with Crippen LogP contribution in [0.1, 0.15) is 24.7 Å². The van der Waals surface area contributed by atoms with Crippen LogP contribution in [0.4, 0.5) is 4.79 Å². The normalized spacial score (nSPS) is 18.8. The number of imide groups is 1. The minimum Gasteiger partial charge on any atom is -0.329 e. The summed E-state index contributed by atoms with van der Waals surface area (Å²) >= 11 is 1.50. The molecule has 0 atom stereocenters. The molecule has 1 aliphatic carbocycles. The zero-order valence-electron chi connectivity index (χ0n) is 10.9. The van der Waals surface area contributed by atoms with Crippen LogP contribution in [0.2, 0.25) is 0 Å². The molecule has 8 nitrogen and oxygen atoms in total. The van der Waals surface area contributed by atoms with E-state index in [0.29, 0.717) is 24.9 Å². The van der Waals surface area contributed by atoms with E-state index in [9.17, 15) is 9.59 Å². The minimum absolute atomic E-state index is 0.0963. The number of nitrogens with zero attached hydrogens (tertiary/aromatic N) is 4. The Morgan fingerprint density at radius 3 is 2.75 bits per heavy atom. The van der Waals surface area contributed by atoms with E-state index in [1.54, 1.807) is 0 Å². The van der Waals surface area contributed by atoms with Gasteiger partial charge in [0.1, 0.15) is 5.82 Å². The van der Waals surface area contributed by atoms with E-state index >= 15 is 0 Å². The van der Waals surface area contributed by atoms with E-state index in [-0.39, 0.29) is 18.5 Å². The topological polar surface area (TPSA) is 106 Å². The third kappa shape index (κ3) is 2.50. The molecule has 2 heterocycles. The fourth-order valence-corrected chi connectivity index (χ4v) is 3.10. The lowest BCUT2D eigenvalue weighted by Gasteiger charge is -2.12. The summed E-state index contributed by atoms with van der Waals surface area (Å²) in [6.45, 7) is 0.848. The summed E-state index contributed by atoms with van der Waals surface area (Å²) in [6.07, 6.45) is 2.26. The van der Waals surface area contributed by atoms with Crippen molar-refractivity contribution >= 4 is 23.7 Å². The van der Waals surface area contributed by atoms with Crippen LogP contribution >= 0.6 is 11.8 Å². The molecule has 108 valence electrons. The molecule has 3 N–H and O–H groups in total. The highest BCUT2D eigenvalue weighted by atomic mass is 32.2. The lowest BCUT2D eigenvalue weighted by Crippen LogP contribution is -2.32. The molecule has 0 unspecified atom stereocenters. The summed E-state index contributed by atoms with van der Waals surface area (Å²) in [5.74, 6) is 1.22. The van der Waals surface area contributed by atoms with Gasteiger partial charge >= 0.3 is 6.03 Å². The molecule has 1 aliphatic heterocycles. The van der Waals surface area contributed by atoms with Crippen molar-refractivity contribution in [3.63, 3.8) is 0 Å². The summed E-state index contributed by atoms with van der Waals surface area (Å²) in [7, 11) is 0. The summed E-state index contributed by atoms with van der Waals surface area (Å²) in [5, 5.41) is 11.5. The Bertz CT molecular complexity index is 525. The van der Waals surface area contributed by atoms with Gasteiger partial charge < -0.3 is 15.6 Å². The monoisotopic (exact) mass is 296 g/mol. The van der Waals surface area contributed by atoms with Gasteiger partial charge in [0.05, 0.1) is 13.1 Å². The number of urea groups is 1. The molecule has 1 saturated carbocycles. The quantitative estimate of drug-likeness (QED) is 0.552. The van der Waals surface area contributed by atoms with E-state index in [2.05, 4.69) is 20.1 Å². The molecule has 0 spiro atoms. The van der Waals surface area contributed by atoms with E-state index in [1.165, 1.54) is 16.7 Å². The van der Waals surface area contributed by atoms with Gasteiger partial charge in [-0.25, -0.2) is 4.79 Å². The fraction of sp³-hybridized carbons (Fsp3) is 0.636. The summed E-state index contributed by atoms with van der Waals surface area (Å²) in [5.41, 5.74) is 5.66. The summed E-state index contributed by atoms with van der Waals surface area (Å²) in [6, 6.07) is 0.143. The fourth-order valence-electron chi connectivity index (χ4n) is 2.15. The maximum Gasteiger partial charge on any atom is 0.324 e. The van der Waals surface area contributed by atoms with E-state index < -0.39 is 0 Å². The molecule has 0 aromatic carbocycles. The number of amides is 3. The number of carbonyl (C=O) groups is 2. The zero-order chi connectivity index (χ0) is 14.1. The van der Waals surface area contributed by atoms with Gasteiger partial charge in [-0.1, -0.05) is 11.8 Å². The highest BCUT2D eigenvalue weighted by Crippen LogP contribution is 2.38. The first-order valence-corrected chi connectivity index (χ1v) is 7.54. The van der Waals surface area contributed by atoms with Crippen molar-refractivity contribution in [2.24, 2.45) is 5.73 Å². The SMILES string of the molecule is NCc1nnc(SCCN2C(=O)CNC2=O)n1C1CC1. The number of rotatable bonds is 6. The van der Waals surface area contributed by atoms with Crippen LogP contribution < -0.4 is 11.1 Å². The van der Waals surface area contributed by atoms with Crippen LogP contribution in [0.3, 0.4) is 0 Å². The Morgan fingerprint density at radius 1 is 1.35 bits per heavy atom. The molecule has 20 heavy (non-hydrogen) atoms. The largest absolute Gasteiger partial charge is 0.329 e. The third-order valence-corrected chi connectivity index (χ3v) is 4.24. The predicted molar refractivity (Wildman–Crippen MR) is 72.0 cm³/mol. The minimum atomic E-state index is -0.318. The van der Waals surface area contributed by atoms with Crippen molar-refractivity contribution in [1.82, 2.24) is 25.0 Å². The predicted octanol–water partition coefficient (Wildman–Crippen LogP) is -0.284. The molecule has 9 heteroatoms. The highest BCUT2D eigenvalue weighted by Gasteiger charge is 2.30. The second-order valence-corrected chi connectivity index (χ2v) is 5.82. The Labute approximate surface area is 120 Å². The van der Waals surface area contributed by atoms with Crippen LogP contribution in [0.25, 0.3) is 0 Å². The lowest BCUT2D eigenvalue weighted by molar-refractivity contribution is -0.124. The first kappa shape index (κ1) is 13.4. The number of carbonyl (C=O) groups excluding carboxylic acids is 2. The Morgan fingerprint density at radius 2 is 2.15 bits per heavy atom. The molecular weight excluding hydrogens is 280 g/mol. The Hall–Kier alpha value is -1.61. The summed E-state index contributed by atoms with van der Waals surface area (Å²) < 4.78 is 2.08. The number of hydrogen-bond acceptors (Lipinski definition) is 6. The van der Waals surface area contributed by atoms with Gasteiger partial charge in [-0.05, 0) is 12.8 Å². The number of nitrogens with two attached hydrogens (primary N) is 1. The molecular formula is C11H16N6O2S. The van der Waals surface area contributed by atoms with E-state index in [4.69, 9.17) is 5.73 Å². The van der Waals surface area contributed by atoms with E-state index in [0.717, 1.165) is 23.8 Å². The molecule has 3 rings (SSSR count). The molecule has 1 aromatic heterocycles. The van der Waals surface area contributed by atoms with Crippen LogP contribution in [0.5, 0.6) is 0 Å². The molecule has 1 aromatic rings. The first-order chi connectivity index (χ1) is 9.70. The molecule has 0 radical (unpaired) electrons. The molecule has 0 bridgehead atoms. The zero-order valence-corrected chi connectivity index (χ0v) is 11.7. The molecule has 2 aliphatic rings. The van der Waals surface area contributed by atoms with Gasteiger partial charge in [-0.2, -0.15) is 0 Å². The summed E-state index contributed by atoms with van der Waals surface area (Å²) in [4.78, 5) is 24.1. The molecule has 3 amide bonds. The molecule has 2 fully saturated rings. The van der Waals surface area contributed by atoms with Gasteiger partial charge in [0.25, 0.3) is 0 Å². The number of aromatic nitrogens is 3. The van der Waals surface area contributed by atoms with Crippen LogP contribution in [0.15, 0.2) is 5.16 Å². The van der Waals surface area contributed by atoms with Crippen LogP contribution in [-0.4, -0.2) is 50.4 Å². The number of nitrogens with one attached hydrogen (secondary N) is 1. The van der Waals surface area contributed by atoms with Crippen LogP contribution in [0, 0.1) is 0 Å². The van der Waals surface area contributed by atoms with Gasteiger partial charge in [-0.3, -0.25) is 9.69 Å².